The van der Waals surface area contributed by atoms with Crippen molar-refractivity contribution in [3.63, 3.8) is 0 Å². The highest BCUT2D eigenvalue weighted by Crippen LogP contribution is 2.35. The lowest BCUT2D eigenvalue weighted by Gasteiger charge is -2.09. The minimum atomic E-state index is -0.402. The van der Waals surface area contributed by atoms with Gasteiger partial charge < -0.3 is 10.3 Å². The zero-order valence-corrected chi connectivity index (χ0v) is 18.3. The van der Waals surface area contributed by atoms with Crippen molar-refractivity contribution < 1.29 is 4.79 Å². The Balaban J connectivity index is 1.80. The van der Waals surface area contributed by atoms with Gasteiger partial charge in [0.2, 0.25) is 5.91 Å². The van der Waals surface area contributed by atoms with Gasteiger partial charge in [-0.05, 0) is 69.6 Å². The molecule has 1 aromatic heterocycles. The van der Waals surface area contributed by atoms with E-state index < -0.39 is 5.91 Å². The van der Waals surface area contributed by atoms with Crippen molar-refractivity contribution >= 4 is 50.3 Å². The number of hydrogen-bond acceptors (Lipinski definition) is 1. The number of halogens is 1. The average molecular weight is 502 g/mol. The van der Waals surface area contributed by atoms with Crippen LogP contribution in [0.15, 0.2) is 91.0 Å². The minimum Gasteiger partial charge on any atom is -0.366 e. The van der Waals surface area contributed by atoms with Crippen LogP contribution in [-0.2, 0) is 6.54 Å². The lowest BCUT2D eigenvalue weighted by molar-refractivity contribution is 0.100. The molecule has 0 bridgehead atoms. The van der Waals surface area contributed by atoms with E-state index in [0.29, 0.717) is 5.56 Å². The van der Waals surface area contributed by atoms with Gasteiger partial charge in [-0.15, -0.1) is 0 Å². The molecule has 4 aromatic carbocycles. The van der Waals surface area contributed by atoms with Crippen LogP contribution < -0.4 is 5.73 Å². The van der Waals surface area contributed by atoms with Gasteiger partial charge in [0.05, 0.1) is 11.0 Å². The van der Waals surface area contributed by atoms with Gasteiger partial charge in [-0.2, -0.15) is 0 Å². The summed E-state index contributed by atoms with van der Waals surface area (Å²) in [5.74, 6) is -0.402. The van der Waals surface area contributed by atoms with E-state index in [1.54, 1.807) is 0 Å². The Labute approximate surface area is 188 Å². The quantitative estimate of drug-likeness (QED) is 0.292. The largest absolute Gasteiger partial charge is 0.366 e. The lowest BCUT2D eigenvalue weighted by Crippen LogP contribution is -2.11. The fraction of sp³-hybridized carbons (Fsp3) is 0.0385. The monoisotopic (exact) mass is 502 g/mol. The number of carbonyl (C=O) groups excluding carboxylic acids is 1. The van der Waals surface area contributed by atoms with Crippen LogP contribution in [0.3, 0.4) is 0 Å². The van der Waals surface area contributed by atoms with Crippen LogP contribution in [0.25, 0.3) is 32.9 Å². The second-order valence-corrected chi connectivity index (χ2v) is 8.62. The van der Waals surface area contributed by atoms with Crippen LogP contribution in [0.1, 0.15) is 15.9 Å². The summed E-state index contributed by atoms with van der Waals surface area (Å²) in [6.07, 6.45) is 0. The van der Waals surface area contributed by atoms with Gasteiger partial charge in [-0.1, -0.05) is 60.7 Å². The fourth-order valence-corrected chi connectivity index (χ4v) is 4.46. The van der Waals surface area contributed by atoms with Crippen molar-refractivity contribution in [3.05, 3.63) is 106 Å². The number of amides is 1. The Kier molecular flexibility index (Phi) is 4.79. The number of nitrogens with zero attached hydrogens (tertiary/aromatic N) is 1. The molecule has 5 rings (SSSR count). The molecule has 4 heteroatoms. The number of nitrogens with two attached hydrogens (primary N) is 1. The maximum absolute atomic E-state index is 12.2. The molecule has 30 heavy (non-hydrogen) atoms. The molecule has 3 nitrogen and oxygen atoms in total. The van der Waals surface area contributed by atoms with Gasteiger partial charge in [-0.3, -0.25) is 4.79 Å². The summed E-state index contributed by atoms with van der Waals surface area (Å²) >= 11 is 2.32. The summed E-state index contributed by atoms with van der Waals surface area (Å²) < 4.78 is 3.49. The van der Waals surface area contributed by atoms with E-state index in [0.717, 1.165) is 33.9 Å². The Morgan fingerprint density at radius 2 is 1.57 bits per heavy atom. The summed E-state index contributed by atoms with van der Waals surface area (Å²) in [7, 11) is 0. The molecule has 0 unspecified atom stereocenters. The predicted molar refractivity (Wildman–Crippen MR) is 132 cm³/mol. The summed E-state index contributed by atoms with van der Waals surface area (Å²) in [4.78, 5) is 12.2. The van der Waals surface area contributed by atoms with Crippen LogP contribution in [0, 0.1) is 3.57 Å². The number of hydrogen-bond donors (Lipinski definition) is 1. The Morgan fingerprint density at radius 1 is 0.800 bits per heavy atom. The highest BCUT2D eigenvalue weighted by molar-refractivity contribution is 14.1. The minimum absolute atomic E-state index is 0.402. The van der Waals surface area contributed by atoms with Gasteiger partial charge in [0.25, 0.3) is 0 Å². The van der Waals surface area contributed by atoms with Crippen molar-refractivity contribution in [2.75, 3.05) is 0 Å². The van der Waals surface area contributed by atoms with Gasteiger partial charge in [-0.25, -0.2) is 0 Å². The molecular formula is C26H19IN2O. The Hall–Kier alpha value is -3.12. The van der Waals surface area contributed by atoms with Crippen molar-refractivity contribution in [1.82, 2.24) is 4.57 Å². The van der Waals surface area contributed by atoms with Gasteiger partial charge in [0.1, 0.15) is 0 Å². The van der Waals surface area contributed by atoms with Crippen LogP contribution in [-0.4, -0.2) is 10.5 Å². The number of primary amides is 1. The number of fused-ring (bicyclic) bond motifs is 3. The Bertz CT molecular complexity index is 1390. The van der Waals surface area contributed by atoms with E-state index >= 15 is 0 Å². The maximum Gasteiger partial charge on any atom is 0.249 e. The SMILES string of the molecule is NC(=O)c1cccc2c1c1ccc(-c3ccccc3)cc1n2Cc1ccc(I)cc1. The normalized spacial score (nSPS) is 11.2. The van der Waals surface area contributed by atoms with Crippen molar-refractivity contribution in [2.24, 2.45) is 5.73 Å². The summed E-state index contributed by atoms with van der Waals surface area (Å²) in [6.45, 7) is 0.720. The van der Waals surface area contributed by atoms with Gasteiger partial charge in [0.15, 0.2) is 0 Å². The number of benzene rings is 4. The standard InChI is InChI=1S/C26H19IN2O/c27-20-12-9-17(10-13-20)16-29-23-8-4-7-22(26(28)30)25(23)21-14-11-19(15-24(21)29)18-5-2-1-3-6-18/h1-15H,16H2,(H2,28,30). The first kappa shape index (κ1) is 18.9. The molecule has 0 saturated carbocycles. The smallest absolute Gasteiger partial charge is 0.249 e. The summed E-state index contributed by atoms with van der Waals surface area (Å²) in [5.41, 5.74) is 11.9. The highest BCUT2D eigenvalue weighted by Gasteiger charge is 2.17. The molecule has 0 atom stereocenters. The number of rotatable bonds is 4. The molecular weight excluding hydrogens is 483 g/mol. The van der Waals surface area contributed by atoms with Crippen LogP contribution in [0.5, 0.6) is 0 Å². The van der Waals surface area contributed by atoms with Crippen LogP contribution in [0.2, 0.25) is 0 Å². The first-order valence-electron chi connectivity index (χ1n) is 9.76. The molecule has 1 heterocycles. The van der Waals surface area contributed by atoms with E-state index in [4.69, 9.17) is 5.73 Å². The van der Waals surface area contributed by atoms with Crippen LogP contribution in [0.4, 0.5) is 0 Å². The second-order valence-electron chi connectivity index (χ2n) is 7.37. The van der Waals surface area contributed by atoms with Crippen LogP contribution >= 0.6 is 22.6 Å². The zero-order chi connectivity index (χ0) is 20.7. The molecule has 0 fully saturated rings. The molecule has 0 saturated heterocycles. The molecule has 0 aliphatic heterocycles. The van der Waals surface area contributed by atoms with Crippen molar-refractivity contribution in [2.45, 2.75) is 6.54 Å². The summed E-state index contributed by atoms with van der Waals surface area (Å²) in [5, 5.41) is 1.97. The van der Waals surface area contributed by atoms with E-state index in [1.807, 2.05) is 30.3 Å². The molecule has 1 amide bonds. The second kappa shape index (κ2) is 7.61. The van der Waals surface area contributed by atoms with E-state index in [2.05, 4.69) is 87.8 Å². The fourth-order valence-electron chi connectivity index (χ4n) is 4.10. The number of carbonyl (C=O) groups is 1. The zero-order valence-electron chi connectivity index (χ0n) is 16.2. The first-order valence-corrected chi connectivity index (χ1v) is 10.8. The molecule has 146 valence electrons. The lowest BCUT2D eigenvalue weighted by atomic mass is 10.0. The third kappa shape index (κ3) is 3.27. The average Bonchev–Trinajstić information content (AvgIpc) is 3.09. The number of aromatic nitrogens is 1. The molecule has 0 spiro atoms. The molecule has 0 aliphatic rings. The summed E-state index contributed by atoms with van der Waals surface area (Å²) in [6, 6.07) is 31.1. The maximum atomic E-state index is 12.2. The third-order valence-electron chi connectivity index (χ3n) is 5.52. The first-order chi connectivity index (χ1) is 14.6. The Morgan fingerprint density at radius 3 is 2.30 bits per heavy atom. The van der Waals surface area contributed by atoms with E-state index in [-0.39, 0.29) is 0 Å². The van der Waals surface area contributed by atoms with E-state index in [9.17, 15) is 4.79 Å². The molecule has 0 radical (unpaired) electrons. The highest BCUT2D eigenvalue weighted by atomic mass is 127. The molecule has 0 aliphatic carbocycles. The van der Waals surface area contributed by atoms with Crippen molar-refractivity contribution in [1.29, 1.82) is 0 Å². The van der Waals surface area contributed by atoms with Gasteiger partial charge in [0, 0.05) is 26.5 Å². The molecule has 5 aromatic rings. The van der Waals surface area contributed by atoms with Gasteiger partial charge >= 0.3 is 0 Å². The third-order valence-corrected chi connectivity index (χ3v) is 6.24. The topological polar surface area (TPSA) is 48.0 Å². The van der Waals surface area contributed by atoms with Crippen molar-refractivity contribution in [3.8, 4) is 11.1 Å². The van der Waals surface area contributed by atoms with E-state index in [1.165, 1.54) is 14.7 Å². The predicted octanol–water partition coefficient (Wildman–Crippen LogP) is 6.21. The molecule has 2 N–H and O–H groups in total.